The number of aliphatic hydroxyl groups is 1. The summed E-state index contributed by atoms with van der Waals surface area (Å²) in [6.45, 7) is 1.96. The van der Waals surface area contributed by atoms with Crippen molar-refractivity contribution in [2.24, 2.45) is 4.99 Å². The van der Waals surface area contributed by atoms with Crippen LogP contribution in [0.15, 0.2) is 34.2 Å². The molecule has 1 aliphatic heterocycles. The molecular weight excluding hydrogens is 278 g/mol. The van der Waals surface area contributed by atoms with E-state index in [2.05, 4.69) is 10.3 Å². The summed E-state index contributed by atoms with van der Waals surface area (Å²) in [7, 11) is -1.39. The molecule has 0 spiro atoms. The largest absolute Gasteiger partial charge is 0.395 e. The molecule has 2 N–H and O–H groups in total. The lowest BCUT2D eigenvalue weighted by molar-refractivity contribution is 0.319. The molecule has 1 heterocycles. The third-order valence-electron chi connectivity index (χ3n) is 3.15. The number of hydrogen-bond acceptors (Lipinski definition) is 6. The Balaban J connectivity index is 1.98. The molecule has 1 aromatic rings. The number of hydrogen-bond donors (Lipinski definition) is 2. The maximum atomic E-state index is 11.8. The first-order chi connectivity index (χ1) is 9.53. The molecule has 0 unspecified atom stereocenters. The van der Waals surface area contributed by atoms with Gasteiger partial charge in [-0.2, -0.15) is 0 Å². The van der Waals surface area contributed by atoms with Crippen LogP contribution in [-0.4, -0.2) is 56.9 Å². The Morgan fingerprint density at radius 3 is 2.60 bits per heavy atom. The minimum absolute atomic E-state index is 0.241. The third-order valence-corrected chi connectivity index (χ3v) is 4.86. The van der Waals surface area contributed by atoms with Gasteiger partial charge in [0, 0.05) is 20.1 Å². The first kappa shape index (κ1) is 14.8. The molecule has 2 rings (SSSR count). The summed E-state index contributed by atoms with van der Waals surface area (Å²) in [6, 6.07) is 6.68. The van der Waals surface area contributed by atoms with Gasteiger partial charge < -0.3 is 15.3 Å². The second-order valence-electron chi connectivity index (χ2n) is 4.67. The van der Waals surface area contributed by atoms with Crippen LogP contribution in [0.4, 0.5) is 0 Å². The molecule has 1 aliphatic rings. The van der Waals surface area contributed by atoms with E-state index in [4.69, 9.17) is 5.11 Å². The van der Waals surface area contributed by atoms with Crippen LogP contribution in [-0.2, 0) is 16.4 Å². The topological polar surface area (TPSA) is 82.0 Å². The molecule has 0 amide bonds. The lowest BCUT2D eigenvalue weighted by Gasteiger charge is -2.15. The SMILES string of the molecule is CN1CCN=C1NCc1ccc(S(=O)(=O)CCO)cc1. The van der Waals surface area contributed by atoms with E-state index in [1.165, 1.54) is 0 Å². The highest BCUT2D eigenvalue weighted by atomic mass is 32.2. The Hall–Kier alpha value is -1.60. The molecule has 110 valence electrons. The van der Waals surface area contributed by atoms with Crippen molar-refractivity contribution >= 4 is 15.8 Å². The van der Waals surface area contributed by atoms with Crippen LogP contribution in [0, 0.1) is 0 Å². The van der Waals surface area contributed by atoms with Gasteiger partial charge in [-0.05, 0) is 17.7 Å². The standard InChI is InChI=1S/C13H19N3O3S/c1-16-7-6-14-13(16)15-10-11-2-4-12(5-3-11)20(18,19)9-8-17/h2-5,17H,6-10H2,1H3,(H,14,15). The molecule has 0 fully saturated rings. The van der Waals surface area contributed by atoms with Crippen molar-refractivity contribution in [3.05, 3.63) is 29.8 Å². The smallest absolute Gasteiger partial charge is 0.194 e. The Bertz CT molecular complexity index is 581. The Morgan fingerprint density at radius 2 is 2.05 bits per heavy atom. The van der Waals surface area contributed by atoms with Crippen molar-refractivity contribution in [2.45, 2.75) is 11.4 Å². The van der Waals surface area contributed by atoms with Gasteiger partial charge in [-0.1, -0.05) is 12.1 Å². The summed E-state index contributed by atoms with van der Waals surface area (Å²) in [5.74, 6) is 0.619. The first-order valence-corrected chi connectivity index (χ1v) is 8.10. The van der Waals surface area contributed by atoms with Gasteiger partial charge in [-0.25, -0.2) is 8.42 Å². The zero-order chi connectivity index (χ0) is 14.6. The lowest BCUT2D eigenvalue weighted by atomic mass is 10.2. The second kappa shape index (κ2) is 6.23. The molecule has 6 nitrogen and oxygen atoms in total. The predicted molar refractivity (Wildman–Crippen MR) is 77.4 cm³/mol. The maximum absolute atomic E-state index is 11.8. The highest BCUT2D eigenvalue weighted by Crippen LogP contribution is 2.12. The summed E-state index contributed by atoms with van der Waals surface area (Å²) < 4.78 is 23.5. The quantitative estimate of drug-likeness (QED) is 0.789. The van der Waals surface area contributed by atoms with Crippen LogP contribution in [0.3, 0.4) is 0 Å². The van der Waals surface area contributed by atoms with Crippen LogP contribution in [0.5, 0.6) is 0 Å². The van der Waals surface area contributed by atoms with Crippen molar-refractivity contribution in [3.63, 3.8) is 0 Å². The Kier molecular flexibility index (Phi) is 4.61. The summed E-state index contributed by atoms with van der Waals surface area (Å²) in [5.41, 5.74) is 0.982. The van der Waals surface area contributed by atoms with Crippen molar-refractivity contribution in [2.75, 3.05) is 32.5 Å². The van der Waals surface area contributed by atoms with Crippen molar-refractivity contribution in [1.82, 2.24) is 10.2 Å². The van der Waals surface area contributed by atoms with Crippen LogP contribution in [0.1, 0.15) is 5.56 Å². The predicted octanol–water partition coefficient (Wildman–Crippen LogP) is -0.156. The zero-order valence-corrected chi connectivity index (χ0v) is 12.2. The number of nitrogens with one attached hydrogen (secondary N) is 1. The fraction of sp³-hybridized carbons (Fsp3) is 0.462. The van der Waals surface area contributed by atoms with E-state index in [1.807, 2.05) is 11.9 Å². The molecule has 20 heavy (non-hydrogen) atoms. The van der Waals surface area contributed by atoms with Gasteiger partial charge in [0.2, 0.25) is 0 Å². The molecule has 0 saturated carbocycles. The molecule has 7 heteroatoms. The minimum atomic E-state index is -3.37. The van der Waals surface area contributed by atoms with Gasteiger partial charge in [0.05, 0.1) is 23.8 Å². The highest BCUT2D eigenvalue weighted by Gasteiger charge is 2.14. The van der Waals surface area contributed by atoms with Crippen LogP contribution in [0.25, 0.3) is 0 Å². The van der Waals surface area contributed by atoms with E-state index in [0.717, 1.165) is 24.6 Å². The monoisotopic (exact) mass is 297 g/mol. The normalized spacial score (nSPS) is 15.3. The van der Waals surface area contributed by atoms with Gasteiger partial charge in [0.1, 0.15) is 0 Å². The van der Waals surface area contributed by atoms with Crippen molar-refractivity contribution in [1.29, 1.82) is 0 Å². The van der Waals surface area contributed by atoms with E-state index in [0.29, 0.717) is 6.54 Å². The fourth-order valence-electron chi connectivity index (χ4n) is 1.96. The van der Waals surface area contributed by atoms with Crippen LogP contribution < -0.4 is 5.32 Å². The molecule has 0 aromatic heterocycles. The molecule has 0 bridgehead atoms. The average Bonchev–Trinajstić information content (AvgIpc) is 2.82. The number of sulfone groups is 1. The van der Waals surface area contributed by atoms with E-state index < -0.39 is 9.84 Å². The first-order valence-electron chi connectivity index (χ1n) is 6.45. The molecule has 0 saturated heterocycles. The zero-order valence-electron chi connectivity index (χ0n) is 11.4. The summed E-state index contributed by atoms with van der Waals surface area (Å²) in [4.78, 5) is 6.60. The minimum Gasteiger partial charge on any atom is -0.395 e. The molecule has 1 aromatic carbocycles. The highest BCUT2D eigenvalue weighted by molar-refractivity contribution is 7.91. The molecular formula is C13H19N3O3S. The van der Waals surface area contributed by atoms with E-state index in [9.17, 15) is 8.42 Å². The van der Waals surface area contributed by atoms with Gasteiger partial charge in [0.25, 0.3) is 0 Å². The maximum Gasteiger partial charge on any atom is 0.194 e. The van der Waals surface area contributed by atoms with Gasteiger partial charge in [0.15, 0.2) is 15.8 Å². The van der Waals surface area contributed by atoms with E-state index in [1.54, 1.807) is 24.3 Å². The number of nitrogens with zero attached hydrogens (tertiary/aromatic N) is 2. The van der Waals surface area contributed by atoms with Crippen LogP contribution in [0.2, 0.25) is 0 Å². The fourth-order valence-corrected chi connectivity index (χ4v) is 2.98. The number of aliphatic imine (C=N–C) groups is 1. The van der Waals surface area contributed by atoms with Gasteiger partial charge >= 0.3 is 0 Å². The average molecular weight is 297 g/mol. The lowest BCUT2D eigenvalue weighted by Crippen LogP contribution is -2.35. The number of likely N-dealkylation sites (N-methyl/N-ethyl adjacent to an activating group) is 1. The van der Waals surface area contributed by atoms with Crippen LogP contribution >= 0.6 is 0 Å². The van der Waals surface area contributed by atoms with E-state index >= 15 is 0 Å². The Morgan fingerprint density at radius 1 is 1.35 bits per heavy atom. The Labute approximate surface area is 119 Å². The third kappa shape index (κ3) is 3.49. The second-order valence-corrected chi connectivity index (χ2v) is 6.78. The summed E-state index contributed by atoms with van der Waals surface area (Å²) in [5, 5.41) is 12.0. The van der Waals surface area contributed by atoms with Crippen molar-refractivity contribution in [3.8, 4) is 0 Å². The van der Waals surface area contributed by atoms with Gasteiger partial charge in [-0.15, -0.1) is 0 Å². The molecule has 0 atom stereocenters. The molecule has 0 radical (unpaired) electrons. The summed E-state index contributed by atoms with van der Waals surface area (Å²) >= 11 is 0. The number of benzene rings is 1. The number of guanidine groups is 1. The van der Waals surface area contributed by atoms with E-state index in [-0.39, 0.29) is 17.3 Å². The summed E-state index contributed by atoms with van der Waals surface area (Å²) in [6.07, 6.45) is 0. The number of aliphatic hydroxyl groups excluding tert-OH is 1. The van der Waals surface area contributed by atoms with Crippen molar-refractivity contribution < 1.29 is 13.5 Å². The van der Waals surface area contributed by atoms with Gasteiger partial charge in [-0.3, -0.25) is 4.99 Å². The number of rotatable bonds is 5. The molecule has 0 aliphatic carbocycles.